The molecule has 0 bridgehead atoms. The summed E-state index contributed by atoms with van der Waals surface area (Å²) in [7, 11) is 0. The van der Waals surface area contributed by atoms with Crippen LogP contribution < -0.4 is 10.2 Å². The third kappa shape index (κ3) is 3.85. The molecule has 1 N–H and O–H groups in total. The summed E-state index contributed by atoms with van der Waals surface area (Å²) in [5.41, 5.74) is 5.00. The maximum Gasteiger partial charge on any atom is 0.291 e. The molecule has 5 rings (SSSR count). The van der Waals surface area contributed by atoms with E-state index in [0.29, 0.717) is 41.0 Å². The first-order valence-corrected chi connectivity index (χ1v) is 11.7. The Hall–Kier alpha value is -4.06. The van der Waals surface area contributed by atoms with E-state index in [1.54, 1.807) is 23.1 Å². The summed E-state index contributed by atoms with van der Waals surface area (Å²) in [5.74, 6) is 0.0330. The lowest BCUT2D eigenvalue weighted by molar-refractivity contribution is 0.0714. The predicted molar refractivity (Wildman–Crippen MR) is 134 cm³/mol. The number of hydrogen-bond acceptors (Lipinski definition) is 5. The first-order chi connectivity index (χ1) is 16.8. The zero-order chi connectivity index (χ0) is 24.9. The smallest absolute Gasteiger partial charge is 0.291 e. The molecule has 1 aliphatic rings. The highest BCUT2D eigenvalue weighted by Crippen LogP contribution is 2.41. The van der Waals surface area contributed by atoms with Gasteiger partial charge in [0, 0.05) is 6.54 Å². The number of phenols is 1. The Bertz CT molecular complexity index is 1520. The van der Waals surface area contributed by atoms with Crippen LogP contribution in [-0.2, 0) is 6.54 Å². The molecule has 2 heterocycles. The van der Waals surface area contributed by atoms with Crippen molar-refractivity contribution in [2.45, 2.75) is 40.3 Å². The largest absolute Gasteiger partial charge is 0.504 e. The molecule has 3 aromatic carbocycles. The van der Waals surface area contributed by atoms with Crippen molar-refractivity contribution in [1.82, 2.24) is 4.90 Å². The first kappa shape index (κ1) is 22.7. The van der Waals surface area contributed by atoms with Gasteiger partial charge in [-0.1, -0.05) is 42.0 Å². The van der Waals surface area contributed by atoms with E-state index in [1.165, 1.54) is 6.07 Å². The van der Waals surface area contributed by atoms with Crippen LogP contribution in [0.4, 0.5) is 0 Å². The number of carbonyl (C=O) groups is 1. The van der Waals surface area contributed by atoms with Crippen LogP contribution in [0.15, 0.2) is 63.8 Å². The number of carbonyl (C=O) groups excluding carboxylic acids is 1. The minimum atomic E-state index is -0.681. The van der Waals surface area contributed by atoms with Crippen molar-refractivity contribution >= 4 is 16.9 Å². The molecule has 1 atom stereocenters. The van der Waals surface area contributed by atoms with Crippen LogP contribution in [0.25, 0.3) is 11.0 Å². The molecule has 0 spiro atoms. The Morgan fingerprint density at radius 3 is 2.43 bits per heavy atom. The number of aryl methyl sites for hydroxylation is 3. The van der Waals surface area contributed by atoms with E-state index in [0.717, 1.165) is 22.3 Å². The summed E-state index contributed by atoms with van der Waals surface area (Å²) >= 11 is 0. The normalized spacial score (nSPS) is 15.0. The van der Waals surface area contributed by atoms with Crippen LogP contribution >= 0.6 is 0 Å². The van der Waals surface area contributed by atoms with Crippen LogP contribution in [0.2, 0.25) is 0 Å². The molecule has 6 nitrogen and oxygen atoms in total. The Morgan fingerprint density at radius 2 is 1.71 bits per heavy atom. The summed E-state index contributed by atoms with van der Waals surface area (Å²) in [4.78, 5) is 29.2. The van der Waals surface area contributed by atoms with Gasteiger partial charge >= 0.3 is 0 Å². The highest BCUT2D eigenvalue weighted by Gasteiger charge is 2.43. The first-order valence-electron chi connectivity index (χ1n) is 11.7. The van der Waals surface area contributed by atoms with E-state index in [2.05, 4.69) is 0 Å². The molecular formula is C29H27NO5. The second kappa shape index (κ2) is 8.62. The van der Waals surface area contributed by atoms with Gasteiger partial charge in [0.1, 0.15) is 5.58 Å². The minimum absolute atomic E-state index is 0.00194. The Morgan fingerprint density at radius 1 is 0.971 bits per heavy atom. The lowest BCUT2D eigenvalue weighted by atomic mass is 9.96. The van der Waals surface area contributed by atoms with E-state index in [1.807, 2.05) is 58.0 Å². The third-order valence-electron chi connectivity index (χ3n) is 6.49. The van der Waals surface area contributed by atoms with Crippen molar-refractivity contribution in [2.75, 3.05) is 6.61 Å². The minimum Gasteiger partial charge on any atom is -0.504 e. The van der Waals surface area contributed by atoms with Crippen molar-refractivity contribution in [3.05, 3.63) is 104 Å². The number of aromatic hydroxyl groups is 1. The number of hydrogen-bond donors (Lipinski definition) is 1. The molecular weight excluding hydrogens is 442 g/mol. The van der Waals surface area contributed by atoms with Gasteiger partial charge in [0.2, 0.25) is 5.76 Å². The van der Waals surface area contributed by atoms with Gasteiger partial charge < -0.3 is 19.2 Å². The van der Waals surface area contributed by atoms with Gasteiger partial charge in [-0.3, -0.25) is 9.59 Å². The molecule has 0 saturated carbocycles. The highest BCUT2D eigenvalue weighted by atomic mass is 16.5. The van der Waals surface area contributed by atoms with E-state index >= 15 is 0 Å². The van der Waals surface area contributed by atoms with E-state index in [-0.39, 0.29) is 22.8 Å². The van der Waals surface area contributed by atoms with Gasteiger partial charge in [-0.2, -0.15) is 0 Å². The SMILES string of the molecule is CCOc1cc(C2c3c(oc4cc(C)cc(C)c4c3=O)C(=O)N2Cc2ccc(C)cc2)ccc1O. The molecule has 1 amide bonds. The Balaban J connectivity index is 1.74. The van der Waals surface area contributed by atoms with Gasteiger partial charge in [0.05, 0.1) is 23.6 Å². The number of amides is 1. The van der Waals surface area contributed by atoms with Crippen LogP contribution in [-0.4, -0.2) is 22.5 Å². The molecule has 4 aromatic rings. The predicted octanol–water partition coefficient (Wildman–Crippen LogP) is 5.57. The van der Waals surface area contributed by atoms with Crippen LogP contribution in [0.5, 0.6) is 11.5 Å². The average molecular weight is 470 g/mol. The second-order valence-corrected chi connectivity index (χ2v) is 9.11. The molecule has 0 saturated heterocycles. The number of benzene rings is 3. The van der Waals surface area contributed by atoms with Crippen LogP contribution in [0.3, 0.4) is 0 Å². The molecule has 1 unspecified atom stereocenters. The Kier molecular flexibility index (Phi) is 5.59. The molecule has 35 heavy (non-hydrogen) atoms. The summed E-state index contributed by atoms with van der Waals surface area (Å²) in [6.07, 6.45) is 0. The monoisotopic (exact) mass is 469 g/mol. The average Bonchev–Trinajstić information content (AvgIpc) is 3.08. The van der Waals surface area contributed by atoms with Crippen molar-refractivity contribution in [1.29, 1.82) is 0 Å². The fraction of sp³-hybridized carbons (Fsp3) is 0.241. The fourth-order valence-corrected chi connectivity index (χ4v) is 4.89. The molecule has 1 aliphatic heterocycles. The van der Waals surface area contributed by atoms with Gasteiger partial charge in [0.15, 0.2) is 16.9 Å². The summed E-state index contributed by atoms with van der Waals surface area (Å²) in [6, 6.07) is 15.9. The van der Waals surface area contributed by atoms with Crippen LogP contribution in [0, 0.1) is 20.8 Å². The zero-order valence-electron chi connectivity index (χ0n) is 20.2. The summed E-state index contributed by atoms with van der Waals surface area (Å²) in [5, 5.41) is 10.7. The number of nitrogens with zero attached hydrogens (tertiary/aromatic N) is 1. The molecule has 0 radical (unpaired) electrons. The van der Waals surface area contributed by atoms with E-state index in [4.69, 9.17) is 9.15 Å². The third-order valence-corrected chi connectivity index (χ3v) is 6.49. The molecule has 0 aliphatic carbocycles. The van der Waals surface area contributed by atoms with Crippen molar-refractivity contribution in [3.8, 4) is 11.5 Å². The maximum atomic E-state index is 13.9. The summed E-state index contributed by atoms with van der Waals surface area (Å²) < 4.78 is 11.7. The maximum absolute atomic E-state index is 13.9. The number of rotatable bonds is 5. The lowest BCUT2D eigenvalue weighted by Gasteiger charge is -2.26. The number of fused-ring (bicyclic) bond motifs is 2. The van der Waals surface area contributed by atoms with Gasteiger partial charge in [0.25, 0.3) is 5.91 Å². The number of phenolic OH excluding ortho intramolecular Hbond substituents is 1. The molecule has 6 heteroatoms. The van der Waals surface area contributed by atoms with Crippen molar-refractivity contribution < 1.29 is 19.1 Å². The van der Waals surface area contributed by atoms with Gasteiger partial charge in [-0.05, 0) is 68.1 Å². The lowest BCUT2D eigenvalue weighted by Crippen LogP contribution is -2.29. The second-order valence-electron chi connectivity index (χ2n) is 9.11. The molecule has 1 aromatic heterocycles. The van der Waals surface area contributed by atoms with Crippen molar-refractivity contribution in [2.24, 2.45) is 0 Å². The topological polar surface area (TPSA) is 80.0 Å². The highest BCUT2D eigenvalue weighted by molar-refractivity contribution is 5.99. The Labute approximate surface area is 203 Å². The van der Waals surface area contributed by atoms with Crippen molar-refractivity contribution in [3.63, 3.8) is 0 Å². The van der Waals surface area contributed by atoms with E-state index < -0.39 is 6.04 Å². The molecule has 0 fully saturated rings. The number of ether oxygens (including phenoxy) is 1. The fourth-order valence-electron chi connectivity index (χ4n) is 4.89. The van der Waals surface area contributed by atoms with Gasteiger partial charge in [-0.15, -0.1) is 0 Å². The zero-order valence-corrected chi connectivity index (χ0v) is 20.2. The standard InChI is InChI=1S/C29H27NO5/c1-5-34-22-14-20(10-11-21(22)31)26-25-27(32)24-18(4)12-17(3)13-23(24)35-28(25)29(33)30(26)15-19-8-6-16(2)7-9-19/h6-14,26,31H,5,15H2,1-4H3. The van der Waals surface area contributed by atoms with E-state index in [9.17, 15) is 14.7 Å². The van der Waals surface area contributed by atoms with Crippen LogP contribution in [0.1, 0.15) is 56.9 Å². The molecule has 178 valence electrons. The quantitative estimate of drug-likeness (QED) is 0.413. The van der Waals surface area contributed by atoms with Gasteiger partial charge in [-0.25, -0.2) is 0 Å². The summed E-state index contributed by atoms with van der Waals surface area (Å²) in [6.45, 7) is 8.31.